The zero-order chi connectivity index (χ0) is 11.3. The van der Waals surface area contributed by atoms with Crippen molar-refractivity contribution in [2.24, 2.45) is 0 Å². The highest BCUT2D eigenvalue weighted by Crippen LogP contribution is 2.19. The lowest BCUT2D eigenvalue weighted by molar-refractivity contribution is -0.146. The molecule has 1 aliphatic rings. The van der Waals surface area contributed by atoms with Crippen molar-refractivity contribution in [1.29, 1.82) is 0 Å². The van der Waals surface area contributed by atoms with E-state index in [1.54, 1.807) is 0 Å². The first-order chi connectivity index (χ1) is 6.97. The Bertz CT molecular complexity index is 300. The summed E-state index contributed by atoms with van der Waals surface area (Å²) in [6, 6.07) is 0. The molecule has 0 amide bonds. The molecule has 88 valence electrons. The van der Waals surface area contributed by atoms with Crippen molar-refractivity contribution in [3.05, 3.63) is 0 Å². The van der Waals surface area contributed by atoms with Crippen molar-refractivity contribution in [3.8, 4) is 0 Å². The van der Waals surface area contributed by atoms with Gasteiger partial charge in [-0.3, -0.25) is 9.35 Å². The van der Waals surface area contributed by atoms with Gasteiger partial charge in [0.1, 0.15) is 6.10 Å². The van der Waals surface area contributed by atoms with E-state index in [1.165, 1.54) is 0 Å². The SMILES string of the molecule is O=C(CS(=O)(=O)O)OC1CCCCCC1. The van der Waals surface area contributed by atoms with Crippen LogP contribution in [-0.2, 0) is 19.6 Å². The Morgan fingerprint density at radius 1 is 1.20 bits per heavy atom. The Labute approximate surface area is 89.6 Å². The molecule has 0 heterocycles. The fourth-order valence-corrected chi connectivity index (χ4v) is 2.09. The molecule has 0 atom stereocenters. The quantitative estimate of drug-likeness (QED) is 0.451. The van der Waals surface area contributed by atoms with Gasteiger partial charge in [-0.1, -0.05) is 12.8 Å². The molecule has 1 aliphatic carbocycles. The van der Waals surface area contributed by atoms with E-state index >= 15 is 0 Å². The van der Waals surface area contributed by atoms with E-state index in [-0.39, 0.29) is 6.10 Å². The molecule has 5 nitrogen and oxygen atoms in total. The van der Waals surface area contributed by atoms with E-state index in [4.69, 9.17) is 9.29 Å². The minimum absolute atomic E-state index is 0.179. The summed E-state index contributed by atoms with van der Waals surface area (Å²) < 4.78 is 34.2. The van der Waals surface area contributed by atoms with E-state index in [9.17, 15) is 13.2 Å². The van der Waals surface area contributed by atoms with Gasteiger partial charge < -0.3 is 4.74 Å². The minimum Gasteiger partial charge on any atom is -0.462 e. The first-order valence-electron chi connectivity index (χ1n) is 5.12. The summed E-state index contributed by atoms with van der Waals surface area (Å²) in [7, 11) is -4.26. The van der Waals surface area contributed by atoms with Gasteiger partial charge in [-0.15, -0.1) is 0 Å². The van der Waals surface area contributed by atoms with Crippen molar-refractivity contribution < 1.29 is 22.5 Å². The first kappa shape index (κ1) is 12.4. The highest BCUT2D eigenvalue weighted by atomic mass is 32.2. The summed E-state index contributed by atoms with van der Waals surface area (Å²) in [4.78, 5) is 11.1. The number of carbonyl (C=O) groups is 1. The lowest BCUT2D eigenvalue weighted by Gasteiger charge is -2.14. The molecule has 0 radical (unpaired) electrons. The lowest BCUT2D eigenvalue weighted by Crippen LogP contribution is -2.23. The second kappa shape index (κ2) is 5.46. The van der Waals surface area contributed by atoms with Gasteiger partial charge in [-0.25, -0.2) is 0 Å². The number of ether oxygens (including phenoxy) is 1. The zero-order valence-corrected chi connectivity index (χ0v) is 9.33. The van der Waals surface area contributed by atoms with Crippen LogP contribution in [0.15, 0.2) is 0 Å². The monoisotopic (exact) mass is 236 g/mol. The Kier molecular flexibility index (Phi) is 4.53. The van der Waals surface area contributed by atoms with Crippen LogP contribution >= 0.6 is 0 Å². The standard InChI is InChI=1S/C9H16O5S/c10-9(7-15(11,12)13)14-8-5-3-1-2-4-6-8/h8H,1-7H2,(H,11,12,13). The van der Waals surface area contributed by atoms with Crippen molar-refractivity contribution in [2.45, 2.75) is 44.6 Å². The third-order valence-electron chi connectivity index (χ3n) is 2.40. The van der Waals surface area contributed by atoms with Crippen LogP contribution in [-0.4, -0.2) is 30.8 Å². The molecule has 0 aromatic carbocycles. The van der Waals surface area contributed by atoms with Gasteiger partial charge in [0.25, 0.3) is 10.1 Å². The van der Waals surface area contributed by atoms with Crippen molar-refractivity contribution in [1.82, 2.24) is 0 Å². The maximum Gasteiger partial charge on any atom is 0.323 e. The van der Waals surface area contributed by atoms with E-state index in [1.807, 2.05) is 0 Å². The van der Waals surface area contributed by atoms with Gasteiger partial charge in [0, 0.05) is 0 Å². The topological polar surface area (TPSA) is 80.7 Å². The van der Waals surface area contributed by atoms with Crippen LogP contribution in [0, 0.1) is 0 Å². The Morgan fingerprint density at radius 2 is 1.73 bits per heavy atom. The maximum atomic E-state index is 11.1. The van der Waals surface area contributed by atoms with Crippen molar-refractivity contribution >= 4 is 16.1 Å². The van der Waals surface area contributed by atoms with E-state index < -0.39 is 21.8 Å². The molecule has 1 saturated carbocycles. The van der Waals surface area contributed by atoms with Gasteiger partial charge in [0.05, 0.1) is 0 Å². The van der Waals surface area contributed by atoms with Crippen LogP contribution in [0.1, 0.15) is 38.5 Å². The van der Waals surface area contributed by atoms with Gasteiger partial charge in [-0.05, 0) is 25.7 Å². The van der Waals surface area contributed by atoms with Crippen molar-refractivity contribution in [2.75, 3.05) is 5.75 Å². The molecule has 1 N–H and O–H groups in total. The molecular weight excluding hydrogens is 220 g/mol. The average molecular weight is 236 g/mol. The molecule has 0 spiro atoms. The molecule has 0 aromatic heterocycles. The summed E-state index contributed by atoms with van der Waals surface area (Å²) in [6.45, 7) is 0. The summed E-state index contributed by atoms with van der Waals surface area (Å²) in [5, 5.41) is 0. The van der Waals surface area contributed by atoms with Crippen LogP contribution in [0.3, 0.4) is 0 Å². The molecule has 15 heavy (non-hydrogen) atoms. The van der Waals surface area contributed by atoms with Crippen LogP contribution in [0.25, 0.3) is 0 Å². The summed E-state index contributed by atoms with van der Waals surface area (Å²) in [5.41, 5.74) is 0. The highest BCUT2D eigenvalue weighted by Gasteiger charge is 2.20. The van der Waals surface area contributed by atoms with E-state index in [2.05, 4.69) is 0 Å². The Hall–Kier alpha value is -0.620. The maximum absolute atomic E-state index is 11.1. The van der Waals surface area contributed by atoms with E-state index in [0.29, 0.717) is 0 Å². The fourth-order valence-electron chi connectivity index (χ4n) is 1.73. The van der Waals surface area contributed by atoms with Gasteiger partial charge in [0.2, 0.25) is 0 Å². The second-order valence-electron chi connectivity index (χ2n) is 3.83. The molecule has 6 heteroatoms. The van der Waals surface area contributed by atoms with Gasteiger partial charge >= 0.3 is 5.97 Å². The second-order valence-corrected chi connectivity index (χ2v) is 5.28. The number of carbonyl (C=O) groups excluding carboxylic acids is 1. The molecule has 0 saturated heterocycles. The average Bonchev–Trinajstić information content (AvgIpc) is 2.28. The largest absolute Gasteiger partial charge is 0.462 e. The summed E-state index contributed by atoms with van der Waals surface area (Å²) in [5.74, 6) is -1.80. The molecule has 0 unspecified atom stereocenters. The van der Waals surface area contributed by atoms with Gasteiger partial charge in [0.15, 0.2) is 5.75 Å². The Morgan fingerprint density at radius 3 is 2.20 bits per heavy atom. The van der Waals surface area contributed by atoms with Gasteiger partial charge in [-0.2, -0.15) is 8.42 Å². The van der Waals surface area contributed by atoms with Crippen LogP contribution < -0.4 is 0 Å². The van der Waals surface area contributed by atoms with Crippen molar-refractivity contribution in [3.63, 3.8) is 0 Å². The van der Waals surface area contributed by atoms with E-state index in [0.717, 1.165) is 38.5 Å². The molecule has 1 fully saturated rings. The third-order valence-corrected chi connectivity index (χ3v) is 3.00. The fraction of sp³-hybridized carbons (Fsp3) is 0.889. The summed E-state index contributed by atoms with van der Waals surface area (Å²) in [6.07, 6.45) is 5.67. The molecular formula is C9H16O5S. The number of esters is 1. The van der Waals surface area contributed by atoms with Crippen LogP contribution in [0.5, 0.6) is 0 Å². The normalized spacial score (nSPS) is 19.5. The van der Waals surface area contributed by atoms with Crippen LogP contribution in [0.4, 0.5) is 0 Å². The number of hydrogen-bond acceptors (Lipinski definition) is 4. The molecule has 0 bridgehead atoms. The molecule has 0 aliphatic heterocycles. The highest BCUT2D eigenvalue weighted by molar-refractivity contribution is 7.86. The minimum atomic E-state index is -4.26. The molecule has 1 rings (SSSR count). The predicted molar refractivity (Wildman–Crippen MR) is 54.0 cm³/mol. The zero-order valence-electron chi connectivity index (χ0n) is 8.52. The molecule has 0 aromatic rings. The predicted octanol–water partition coefficient (Wildman–Crippen LogP) is 1.14. The van der Waals surface area contributed by atoms with Crippen LogP contribution in [0.2, 0.25) is 0 Å². The first-order valence-corrected chi connectivity index (χ1v) is 6.73. The Balaban J connectivity index is 2.36. The third kappa shape index (κ3) is 5.74. The number of rotatable bonds is 3. The number of hydrogen-bond donors (Lipinski definition) is 1. The lowest BCUT2D eigenvalue weighted by atomic mass is 10.1. The summed E-state index contributed by atoms with van der Waals surface area (Å²) >= 11 is 0. The smallest absolute Gasteiger partial charge is 0.323 e.